The van der Waals surface area contributed by atoms with Gasteiger partial charge in [0.25, 0.3) is 5.91 Å². The number of rotatable bonds is 2. The van der Waals surface area contributed by atoms with Crippen LogP contribution in [0.4, 0.5) is 0 Å². The van der Waals surface area contributed by atoms with Crippen molar-refractivity contribution in [2.75, 3.05) is 0 Å². The van der Waals surface area contributed by atoms with Gasteiger partial charge >= 0.3 is 0 Å². The van der Waals surface area contributed by atoms with Crippen LogP contribution in [-0.2, 0) is 13.1 Å². The van der Waals surface area contributed by atoms with Gasteiger partial charge in [-0.05, 0) is 34.7 Å². The molecule has 0 fully saturated rings. The number of carbonyl (C=O) groups excluding carboxylic acids is 1. The fraction of sp³-hybridized carbons (Fsp3) is 0.250. The second-order valence-electron chi connectivity index (χ2n) is 6.61. The summed E-state index contributed by atoms with van der Waals surface area (Å²) in [5.41, 5.74) is 4.27. The summed E-state index contributed by atoms with van der Waals surface area (Å²) in [6, 6.07) is 11.5. The summed E-state index contributed by atoms with van der Waals surface area (Å²) >= 11 is 0. The zero-order valence-corrected chi connectivity index (χ0v) is 13.7. The molecule has 2 heterocycles. The molecule has 122 valence electrons. The first-order valence-electron chi connectivity index (χ1n) is 8.15. The van der Waals surface area contributed by atoms with E-state index in [2.05, 4.69) is 0 Å². The van der Waals surface area contributed by atoms with E-state index in [1.807, 2.05) is 38.1 Å². The Morgan fingerprint density at radius 3 is 2.46 bits per heavy atom. The minimum Gasteiger partial charge on any atom is -0.506 e. The molecule has 0 bridgehead atoms. The standard InChI is InChI=1S/C20H19NO3/c1-12(2)16-9-17(18(22)15-7-8-24-19(15)16)20(23)21-10-13-5-3-4-6-14(13)11-21/h3-9,12,22H,10-11H2,1-2H3. The van der Waals surface area contributed by atoms with Gasteiger partial charge in [-0.15, -0.1) is 0 Å². The van der Waals surface area contributed by atoms with Crippen molar-refractivity contribution in [3.05, 3.63) is 64.9 Å². The summed E-state index contributed by atoms with van der Waals surface area (Å²) in [7, 11) is 0. The Labute approximate surface area is 140 Å². The lowest BCUT2D eigenvalue weighted by Gasteiger charge is -2.18. The van der Waals surface area contributed by atoms with Crippen molar-refractivity contribution in [2.24, 2.45) is 0 Å². The number of phenolic OH excluding ortho intramolecular Hbond substituents is 1. The van der Waals surface area contributed by atoms with Gasteiger partial charge < -0.3 is 14.4 Å². The van der Waals surface area contributed by atoms with Crippen molar-refractivity contribution in [3.63, 3.8) is 0 Å². The first-order chi connectivity index (χ1) is 11.6. The van der Waals surface area contributed by atoms with Crippen LogP contribution in [0.5, 0.6) is 5.75 Å². The predicted molar refractivity (Wildman–Crippen MR) is 92.0 cm³/mol. The number of furan rings is 1. The van der Waals surface area contributed by atoms with Gasteiger partial charge in [-0.3, -0.25) is 4.79 Å². The molecule has 0 aliphatic carbocycles. The van der Waals surface area contributed by atoms with Crippen LogP contribution in [0.3, 0.4) is 0 Å². The fourth-order valence-electron chi connectivity index (χ4n) is 3.39. The van der Waals surface area contributed by atoms with E-state index in [-0.39, 0.29) is 17.6 Å². The SMILES string of the molecule is CC(C)c1cc(C(=O)N2Cc3ccccc3C2)c(O)c2ccoc12. The molecule has 24 heavy (non-hydrogen) atoms. The maximum atomic E-state index is 13.0. The molecular weight excluding hydrogens is 302 g/mol. The highest BCUT2D eigenvalue weighted by atomic mass is 16.3. The van der Waals surface area contributed by atoms with E-state index < -0.39 is 0 Å². The van der Waals surface area contributed by atoms with Crippen LogP contribution >= 0.6 is 0 Å². The summed E-state index contributed by atoms with van der Waals surface area (Å²) in [5, 5.41) is 11.2. The third-order valence-corrected chi connectivity index (χ3v) is 4.72. The summed E-state index contributed by atoms with van der Waals surface area (Å²) in [5.74, 6) is 0.0550. The quantitative estimate of drug-likeness (QED) is 0.760. The predicted octanol–water partition coefficient (Wildman–Crippen LogP) is 4.42. The third kappa shape index (κ3) is 2.18. The number of benzene rings is 2. The average molecular weight is 321 g/mol. The summed E-state index contributed by atoms with van der Waals surface area (Å²) < 4.78 is 5.52. The van der Waals surface area contributed by atoms with Gasteiger partial charge in [-0.1, -0.05) is 38.1 Å². The van der Waals surface area contributed by atoms with Crippen LogP contribution in [0.1, 0.15) is 46.8 Å². The Morgan fingerprint density at radius 2 is 1.83 bits per heavy atom. The first-order valence-corrected chi connectivity index (χ1v) is 8.15. The lowest BCUT2D eigenvalue weighted by Crippen LogP contribution is -2.25. The molecule has 0 atom stereocenters. The number of amides is 1. The summed E-state index contributed by atoms with van der Waals surface area (Å²) in [6.45, 7) is 5.26. The van der Waals surface area contributed by atoms with Gasteiger partial charge in [0.05, 0.1) is 17.2 Å². The highest BCUT2D eigenvalue weighted by molar-refractivity contribution is 6.03. The Morgan fingerprint density at radius 1 is 1.17 bits per heavy atom. The van der Waals surface area contributed by atoms with Crippen LogP contribution in [0, 0.1) is 0 Å². The van der Waals surface area contributed by atoms with Gasteiger partial charge in [-0.2, -0.15) is 0 Å². The average Bonchev–Trinajstić information content (AvgIpc) is 3.21. The fourth-order valence-corrected chi connectivity index (χ4v) is 3.39. The lowest BCUT2D eigenvalue weighted by molar-refractivity contribution is 0.0748. The van der Waals surface area contributed by atoms with Crippen LogP contribution in [0.2, 0.25) is 0 Å². The van der Waals surface area contributed by atoms with Crippen molar-refractivity contribution in [1.82, 2.24) is 4.90 Å². The minimum atomic E-state index is -0.145. The monoisotopic (exact) mass is 321 g/mol. The molecule has 0 saturated carbocycles. The number of fused-ring (bicyclic) bond motifs is 2. The van der Waals surface area contributed by atoms with Crippen molar-refractivity contribution >= 4 is 16.9 Å². The molecule has 1 aliphatic rings. The molecule has 0 radical (unpaired) electrons. The summed E-state index contributed by atoms with van der Waals surface area (Å²) in [4.78, 5) is 14.8. The van der Waals surface area contributed by atoms with Gasteiger partial charge in [0.2, 0.25) is 0 Å². The number of hydrogen-bond donors (Lipinski definition) is 1. The molecule has 4 heteroatoms. The molecule has 2 aromatic carbocycles. The molecular formula is C20H19NO3. The van der Waals surface area contributed by atoms with Crippen molar-refractivity contribution in [2.45, 2.75) is 32.9 Å². The van der Waals surface area contributed by atoms with Gasteiger partial charge in [0.1, 0.15) is 11.3 Å². The third-order valence-electron chi connectivity index (χ3n) is 4.72. The molecule has 3 aromatic rings. The van der Waals surface area contributed by atoms with Gasteiger partial charge in [0.15, 0.2) is 0 Å². The second kappa shape index (κ2) is 5.41. The molecule has 0 saturated heterocycles. The van der Waals surface area contributed by atoms with E-state index >= 15 is 0 Å². The maximum Gasteiger partial charge on any atom is 0.258 e. The Kier molecular flexibility index (Phi) is 3.34. The molecule has 1 N–H and O–H groups in total. The molecule has 1 amide bonds. The zero-order valence-electron chi connectivity index (χ0n) is 13.7. The van der Waals surface area contributed by atoms with Crippen LogP contribution in [0.15, 0.2) is 47.1 Å². The highest BCUT2D eigenvalue weighted by Crippen LogP contribution is 2.37. The number of aromatic hydroxyl groups is 1. The van der Waals surface area contributed by atoms with E-state index in [4.69, 9.17) is 4.42 Å². The number of nitrogens with zero attached hydrogens (tertiary/aromatic N) is 1. The second-order valence-corrected chi connectivity index (χ2v) is 6.61. The molecule has 0 spiro atoms. The first kappa shape index (κ1) is 14.8. The number of phenols is 1. The smallest absolute Gasteiger partial charge is 0.258 e. The lowest BCUT2D eigenvalue weighted by atomic mass is 9.97. The van der Waals surface area contributed by atoms with Crippen molar-refractivity contribution < 1.29 is 14.3 Å². The topological polar surface area (TPSA) is 53.7 Å². The molecule has 0 unspecified atom stereocenters. The van der Waals surface area contributed by atoms with E-state index in [1.54, 1.807) is 23.3 Å². The summed E-state index contributed by atoms with van der Waals surface area (Å²) in [6.07, 6.45) is 1.55. The van der Waals surface area contributed by atoms with Crippen LogP contribution in [-0.4, -0.2) is 15.9 Å². The Balaban J connectivity index is 1.77. The van der Waals surface area contributed by atoms with Gasteiger partial charge in [0, 0.05) is 13.1 Å². The molecule has 4 nitrogen and oxygen atoms in total. The molecule has 1 aliphatic heterocycles. The molecule has 1 aromatic heterocycles. The minimum absolute atomic E-state index is 0.00380. The maximum absolute atomic E-state index is 13.0. The largest absolute Gasteiger partial charge is 0.506 e. The van der Waals surface area contributed by atoms with E-state index in [9.17, 15) is 9.90 Å². The van der Waals surface area contributed by atoms with E-state index in [0.717, 1.165) is 5.56 Å². The van der Waals surface area contributed by atoms with Crippen molar-refractivity contribution in [3.8, 4) is 5.75 Å². The molecule has 4 rings (SSSR count). The van der Waals surface area contributed by atoms with Crippen molar-refractivity contribution in [1.29, 1.82) is 0 Å². The zero-order chi connectivity index (χ0) is 16.8. The number of carbonyl (C=O) groups is 1. The van der Waals surface area contributed by atoms with E-state index in [0.29, 0.717) is 29.6 Å². The van der Waals surface area contributed by atoms with E-state index in [1.165, 1.54) is 11.1 Å². The Hall–Kier alpha value is -2.75. The normalized spacial score (nSPS) is 13.7. The van der Waals surface area contributed by atoms with Crippen LogP contribution < -0.4 is 0 Å². The highest BCUT2D eigenvalue weighted by Gasteiger charge is 2.28. The Bertz CT molecular complexity index is 914. The number of hydrogen-bond acceptors (Lipinski definition) is 3. The van der Waals surface area contributed by atoms with Gasteiger partial charge in [-0.25, -0.2) is 0 Å². The van der Waals surface area contributed by atoms with Crippen LogP contribution in [0.25, 0.3) is 11.0 Å².